The van der Waals surface area contributed by atoms with Gasteiger partial charge in [-0.2, -0.15) is 0 Å². The molecule has 3 aliphatic rings. The first-order valence-corrected chi connectivity index (χ1v) is 15.2. The summed E-state index contributed by atoms with van der Waals surface area (Å²) >= 11 is 0. The minimum absolute atomic E-state index is 0.0443. The second-order valence-corrected chi connectivity index (χ2v) is 11.0. The summed E-state index contributed by atoms with van der Waals surface area (Å²) in [5.74, 6) is 1.38. The van der Waals surface area contributed by atoms with Crippen LogP contribution in [0.15, 0.2) is 91.5 Å². The fourth-order valence-electron chi connectivity index (χ4n) is 6.49. The van der Waals surface area contributed by atoms with Crippen molar-refractivity contribution in [1.82, 2.24) is 0 Å². The molecule has 0 radical (unpaired) electrons. The molecule has 3 atom stereocenters. The van der Waals surface area contributed by atoms with E-state index >= 15 is 0 Å². The lowest BCUT2D eigenvalue weighted by atomic mass is 9.59. The summed E-state index contributed by atoms with van der Waals surface area (Å²) in [6, 6.07) is 26.1. The van der Waals surface area contributed by atoms with Crippen molar-refractivity contribution in [2.75, 3.05) is 46.8 Å². The number of methoxy groups -OCH3 is 1. The van der Waals surface area contributed by atoms with E-state index in [1.54, 1.807) is 7.11 Å². The summed E-state index contributed by atoms with van der Waals surface area (Å²) in [5, 5.41) is 1.80. The number of carbonyl (C=O) groups excluding carboxylic acids is 2. The third-order valence-electron chi connectivity index (χ3n) is 8.46. The highest BCUT2D eigenvalue weighted by atomic mass is 16.6. The van der Waals surface area contributed by atoms with E-state index in [2.05, 4.69) is 36.9 Å². The molecule has 0 spiro atoms. The smallest absolute Gasteiger partial charge is 0.330 e. The summed E-state index contributed by atoms with van der Waals surface area (Å²) in [6.45, 7) is 4.85. The number of rotatable bonds is 14. The zero-order valence-corrected chi connectivity index (χ0v) is 25.2. The van der Waals surface area contributed by atoms with Crippen LogP contribution in [-0.2, 0) is 23.8 Å². The molecule has 3 aliphatic carbocycles. The molecule has 7 rings (SSSR count). The number of ether oxygens (including phenoxy) is 6. The predicted molar refractivity (Wildman–Crippen MR) is 169 cm³/mol. The lowest BCUT2D eigenvalue weighted by Crippen LogP contribution is -2.37. The van der Waals surface area contributed by atoms with Gasteiger partial charge in [0.15, 0.2) is 0 Å². The van der Waals surface area contributed by atoms with Crippen LogP contribution in [0.1, 0.15) is 40.5 Å². The minimum Gasteiger partial charge on any atom is -0.497 e. The fraction of sp³-hybridized carbons (Fsp3) is 0.297. The van der Waals surface area contributed by atoms with Crippen LogP contribution in [0.5, 0.6) is 17.2 Å². The van der Waals surface area contributed by atoms with Gasteiger partial charge in [-0.1, -0.05) is 61.2 Å². The van der Waals surface area contributed by atoms with E-state index in [4.69, 9.17) is 28.4 Å². The number of hydrogen-bond donors (Lipinski definition) is 0. The molecule has 0 amide bonds. The van der Waals surface area contributed by atoms with Crippen LogP contribution in [0.3, 0.4) is 0 Å². The Morgan fingerprint density at radius 2 is 1.36 bits per heavy atom. The first kappa shape index (κ1) is 30.2. The maximum absolute atomic E-state index is 13.5. The molecular weight excluding hydrogens is 572 g/mol. The van der Waals surface area contributed by atoms with Crippen molar-refractivity contribution in [2.24, 2.45) is 5.92 Å². The fourth-order valence-corrected chi connectivity index (χ4v) is 6.49. The summed E-state index contributed by atoms with van der Waals surface area (Å²) in [7, 11) is 1.68. The number of benzene rings is 4. The summed E-state index contributed by atoms with van der Waals surface area (Å²) in [4.78, 5) is 24.5. The van der Waals surface area contributed by atoms with Crippen LogP contribution < -0.4 is 14.2 Å². The van der Waals surface area contributed by atoms with E-state index in [1.165, 1.54) is 22.3 Å². The van der Waals surface area contributed by atoms with Crippen molar-refractivity contribution in [3.8, 4) is 17.2 Å². The topological polar surface area (TPSA) is 89.5 Å². The quantitative estimate of drug-likeness (QED) is 0.0951. The van der Waals surface area contributed by atoms with Gasteiger partial charge in [-0.05, 0) is 52.9 Å². The molecule has 232 valence electrons. The van der Waals surface area contributed by atoms with Gasteiger partial charge in [0, 0.05) is 28.7 Å². The van der Waals surface area contributed by atoms with E-state index in [1.807, 2.05) is 48.5 Å². The Morgan fingerprint density at radius 1 is 0.733 bits per heavy atom. The second kappa shape index (κ2) is 13.9. The van der Waals surface area contributed by atoms with Crippen molar-refractivity contribution in [1.29, 1.82) is 0 Å². The highest BCUT2D eigenvalue weighted by Gasteiger charge is 2.47. The molecule has 0 fully saturated rings. The lowest BCUT2D eigenvalue weighted by molar-refractivity contribution is -0.150. The molecule has 0 N–H and O–H groups in total. The first-order valence-electron chi connectivity index (χ1n) is 15.2. The standard InChI is InChI=1S/C37H36O8/c1-3-35(38)44-19-17-41-16-18-42-33-14-15-34(27-10-6-5-9-26(27)33)43-20-21-45-37(39)32-23-31-25-8-4-7-11-28(25)36(32)29-13-12-24(40-2)22-30(29)31/h3-15,22,31-32,36H,1,16-21,23H2,2H3. The Balaban J connectivity index is 1.04. The average Bonchev–Trinajstić information content (AvgIpc) is 3.09. The molecule has 45 heavy (non-hydrogen) atoms. The molecule has 0 saturated carbocycles. The summed E-state index contributed by atoms with van der Waals surface area (Å²) < 4.78 is 33.7. The van der Waals surface area contributed by atoms with Gasteiger partial charge < -0.3 is 28.4 Å². The Bertz CT molecular complexity index is 1700. The Labute approximate surface area is 262 Å². The number of fused-ring (bicyclic) bond motifs is 2. The maximum atomic E-state index is 13.5. The largest absolute Gasteiger partial charge is 0.497 e. The van der Waals surface area contributed by atoms with E-state index < -0.39 is 5.97 Å². The molecule has 0 saturated heterocycles. The number of hydrogen-bond acceptors (Lipinski definition) is 8. The second-order valence-electron chi connectivity index (χ2n) is 11.0. The van der Waals surface area contributed by atoms with Crippen molar-refractivity contribution in [2.45, 2.75) is 18.3 Å². The highest BCUT2D eigenvalue weighted by Crippen LogP contribution is 2.56. The molecule has 8 heteroatoms. The molecular formula is C37H36O8. The number of carbonyl (C=O) groups is 2. The molecule has 3 unspecified atom stereocenters. The van der Waals surface area contributed by atoms with Crippen LogP contribution in [0.4, 0.5) is 0 Å². The highest BCUT2D eigenvalue weighted by molar-refractivity contribution is 5.93. The third kappa shape index (κ3) is 6.37. The predicted octanol–water partition coefficient (Wildman–Crippen LogP) is 6.19. The van der Waals surface area contributed by atoms with Gasteiger partial charge in [-0.3, -0.25) is 4.79 Å². The third-order valence-corrected chi connectivity index (χ3v) is 8.46. The molecule has 0 aliphatic heterocycles. The van der Waals surface area contributed by atoms with Gasteiger partial charge in [-0.15, -0.1) is 0 Å². The zero-order valence-electron chi connectivity index (χ0n) is 25.2. The monoisotopic (exact) mass is 608 g/mol. The van der Waals surface area contributed by atoms with Crippen molar-refractivity contribution < 1.29 is 38.0 Å². The van der Waals surface area contributed by atoms with Crippen molar-refractivity contribution in [3.63, 3.8) is 0 Å². The van der Waals surface area contributed by atoms with Gasteiger partial charge in [0.1, 0.15) is 43.7 Å². The van der Waals surface area contributed by atoms with E-state index in [0.717, 1.165) is 22.6 Å². The zero-order chi connectivity index (χ0) is 31.2. The Hall–Kier alpha value is -4.82. The van der Waals surface area contributed by atoms with Gasteiger partial charge in [-0.25, -0.2) is 4.79 Å². The van der Waals surface area contributed by atoms with Crippen molar-refractivity contribution >= 4 is 22.7 Å². The van der Waals surface area contributed by atoms with Crippen LogP contribution in [0, 0.1) is 5.92 Å². The van der Waals surface area contributed by atoms with Gasteiger partial charge in [0.05, 0.1) is 26.2 Å². The van der Waals surface area contributed by atoms with Crippen LogP contribution >= 0.6 is 0 Å². The molecule has 8 nitrogen and oxygen atoms in total. The number of esters is 2. The molecule has 0 heterocycles. The molecule has 0 aromatic heterocycles. The van der Waals surface area contributed by atoms with E-state index in [0.29, 0.717) is 31.1 Å². The minimum atomic E-state index is -0.475. The van der Waals surface area contributed by atoms with E-state index in [-0.39, 0.29) is 50.2 Å². The van der Waals surface area contributed by atoms with Gasteiger partial charge >= 0.3 is 11.9 Å². The molecule has 4 aromatic rings. The average molecular weight is 609 g/mol. The Morgan fingerprint density at radius 3 is 2.07 bits per heavy atom. The van der Waals surface area contributed by atoms with Crippen molar-refractivity contribution in [3.05, 3.63) is 114 Å². The van der Waals surface area contributed by atoms with Crippen LogP contribution in [-0.4, -0.2) is 58.7 Å². The Kier molecular flexibility index (Phi) is 9.31. The molecule has 4 aromatic carbocycles. The lowest BCUT2D eigenvalue weighted by Gasteiger charge is -2.44. The van der Waals surface area contributed by atoms with Crippen LogP contribution in [0.25, 0.3) is 10.8 Å². The van der Waals surface area contributed by atoms with E-state index in [9.17, 15) is 9.59 Å². The summed E-state index contributed by atoms with van der Waals surface area (Å²) in [6.07, 6.45) is 1.83. The van der Waals surface area contributed by atoms with Crippen LogP contribution in [0.2, 0.25) is 0 Å². The first-order chi connectivity index (χ1) is 22.1. The van der Waals surface area contributed by atoms with Gasteiger partial charge in [0.2, 0.25) is 0 Å². The molecule has 2 bridgehead atoms. The maximum Gasteiger partial charge on any atom is 0.330 e. The normalized spacial score (nSPS) is 17.6. The SMILES string of the molecule is C=CC(=O)OCCOCCOc1ccc(OCCOC(=O)C2CC3c4ccccc4C2c2ccc(OC)cc23)c2ccccc12. The summed E-state index contributed by atoms with van der Waals surface area (Å²) in [5.41, 5.74) is 4.91. The van der Waals surface area contributed by atoms with Gasteiger partial charge in [0.25, 0.3) is 0 Å².